The maximum atomic E-state index is 6.20. The van der Waals surface area contributed by atoms with E-state index in [0.717, 1.165) is 22.9 Å². The molecule has 0 aliphatic heterocycles. The van der Waals surface area contributed by atoms with Crippen LogP contribution < -0.4 is 10.6 Å². The van der Waals surface area contributed by atoms with Gasteiger partial charge in [0.2, 0.25) is 0 Å². The Kier molecular flexibility index (Phi) is 4.50. The van der Waals surface area contributed by atoms with Crippen LogP contribution in [-0.4, -0.2) is 23.3 Å². The molecule has 0 saturated carbocycles. The van der Waals surface area contributed by atoms with Crippen molar-refractivity contribution in [1.29, 1.82) is 0 Å². The number of thioether (sulfide) groups is 1. The summed E-state index contributed by atoms with van der Waals surface area (Å²) in [6.07, 6.45) is 1.94. The van der Waals surface area contributed by atoms with E-state index in [2.05, 4.69) is 20.6 Å². The van der Waals surface area contributed by atoms with Crippen molar-refractivity contribution in [3.63, 3.8) is 0 Å². The summed E-state index contributed by atoms with van der Waals surface area (Å²) in [4.78, 5) is 8.74. The molecule has 0 aliphatic rings. The molecule has 0 saturated heterocycles. The van der Waals surface area contributed by atoms with Gasteiger partial charge in [-0.05, 0) is 24.8 Å². The van der Waals surface area contributed by atoms with E-state index in [1.54, 1.807) is 0 Å². The van der Waals surface area contributed by atoms with Crippen molar-refractivity contribution in [3.05, 3.63) is 34.9 Å². The Morgan fingerprint density at radius 2 is 1.95 bits per heavy atom. The topological polar surface area (TPSA) is 49.8 Å². The van der Waals surface area contributed by atoms with Gasteiger partial charge >= 0.3 is 0 Å². The van der Waals surface area contributed by atoms with Gasteiger partial charge in [0.25, 0.3) is 0 Å². The summed E-state index contributed by atoms with van der Waals surface area (Å²) in [5, 5.41) is 7.66. The van der Waals surface area contributed by atoms with E-state index in [0.29, 0.717) is 10.2 Å². The van der Waals surface area contributed by atoms with E-state index in [-0.39, 0.29) is 0 Å². The van der Waals surface area contributed by atoms with Crippen molar-refractivity contribution in [2.24, 2.45) is 0 Å². The minimum absolute atomic E-state index is 0.676. The predicted molar refractivity (Wildman–Crippen MR) is 82.8 cm³/mol. The summed E-state index contributed by atoms with van der Waals surface area (Å²) in [6, 6.07) is 7.63. The Hall–Kier alpha value is -1.46. The van der Waals surface area contributed by atoms with Crippen molar-refractivity contribution < 1.29 is 0 Å². The summed E-state index contributed by atoms with van der Waals surface area (Å²) in [7, 11) is 1.83. The van der Waals surface area contributed by atoms with Gasteiger partial charge in [-0.3, -0.25) is 0 Å². The quantitative estimate of drug-likeness (QED) is 0.660. The van der Waals surface area contributed by atoms with Crippen LogP contribution in [0.1, 0.15) is 5.56 Å². The molecule has 2 rings (SSSR count). The molecule has 2 N–H and O–H groups in total. The number of nitrogens with zero attached hydrogens (tertiary/aromatic N) is 2. The second-order valence-corrected chi connectivity index (χ2v) is 5.11. The molecule has 4 nitrogen and oxygen atoms in total. The van der Waals surface area contributed by atoms with Crippen LogP contribution in [0.5, 0.6) is 0 Å². The molecule has 0 aliphatic carbocycles. The van der Waals surface area contributed by atoms with Crippen LogP contribution in [0.15, 0.2) is 29.4 Å². The third kappa shape index (κ3) is 3.30. The molecule has 0 fully saturated rings. The number of benzene rings is 1. The molecule has 19 heavy (non-hydrogen) atoms. The van der Waals surface area contributed by atoms with E-state index >= 15 is 0 Å². The monoisotopic (exact) mass is 294 g/mol. The van der Waals surface area contributed by atoms with Crippen LogP contribution in [-0.2, 0) is 0 Å². The van der Waals surface area contributed by atoms with E-state index in [9.17, 15) is 0 Å². The van der Waals surface area contributed by atoms with Crippen molar-refractivity contribution in [2.75, 3.05) is 23.9 Å². The first kappa shape index (κ1) is 14.0. The van der Waals surface area contributed by atoms with Crippen LogP contribution >= 0.6 is 23.4 Å². The number of aryl methyl sites for hydroxylation is 1. The molecule has 0 spiro atoms. The maximum Gasteiger partial charge on any atom is 0.191 e. The Bertz CT molecular complexity index is 546. The number of hydrogen-bond donors (Lipinski definition) is 2. The van der Waals surface area contributed by atoms with Crippen molar-refractivity contribution in [3.8, 4) is 0 Å². The first-order valence-electron chi connectivity index (χ1n) is 5.77. The highest BCUT2D eigenvalue weighted by Crippen LogP contribution is 2.29. The van der Waals surface area contributed by atoms with Gasteiger partial charge in [-0.2, -0.15) is 0 Å². The lowest BCUT2D eigenvalue weighted by Crippen LogP contribution is -2.01. The third-order valence-electron chi connectivity index (χ3n) is 2.62. The maximum absolute atomic E-state index is 6.20. The average Bonchev–Trinajstić information content (AvgIpc) is 2.42. The number of halogens is 1. The van der Waals surface area contributed by atoms with Gasteiger partial charge in [-0.15, -0.1) is 0 Å². The van der Waals surface area contributed by atoms with Crippen molar-refractivity contribution >= 4 is 40.7 Å². The molecule has 0 unspecified atom stereocenters. The Morgan fingerprint density at radius 1 is 1.21 bits per heavy atom. The molecule has 0 atom stereocenters. The summed E-state index contributed by atoms with van der Waals surface area (Å²) >= 11 is 7.70. The van der Waals surface area contributed by atoms with E-state index in [1.165, 1.54) is 11.8 Å². The molecule has 100 valence electrons. The van der Waals surface area contributed by atoms with Crippen LogP contribution in [0.25, 0.3) is 0 Å². The highest BCUT2D eigenvalue weighted by molar-refractivity contribution is 7.98. The van der Waals surface area contributed by atoms with Gasteiger partial charge in [0, 0.05) is 13.1 Å². The highest BCUT2D eigenvalue weighted by Gasteiger charge is 2.07. The number of rotatable bonds is 4. The van der Waals surface area contributed by atoms with Gasteiger partial charge in [-0.1, -0.05) is 35.5 Å². The van der Waals surface area contributed by atoms with Gasteiger partial charge < -0.3 is 10.6 Å². The van der Waals surface area contributed by atoms with Crippen LogP contribution in [0.3, 0.4) is 0 Å². The SMILES string of the molecule is CNc1cc(Nc2c(C)cccc2Cl)nc(SC)n1. The molecular formula is C13H15ClN4S. The predicted octanol–water partition coefficient (Wildman–Crippen LogP) is 3.95. The smallest absolute Gasteiger partial charge is 0.191 e. The van der Waals surface area contributed by atoms with Gasteiger partial charge in [0.05, 0.1) is 10.7 Å². The minimum atomic E-state index is 0.676. The van der Waals surface area contributed by atoms with Crippen LogP contribution in [0.4, 0.5) is 17.3 Å². The normalized spacial score (nSPS) is 10.3. The second-order valence-electron chi connectivity index (χ2n) is 3.93. The Labute approximate surface area is 122 Å². The molecular weight excluding hydrogens is 280 g/mol. The third-order valence-corrected chi connectivity index (χ3v) is 3.48. The minimum Gasteiger partial charge on any atom is -0.373 e. The summed E-state index contributed by atoms with van der Waals surface area (Å²) in [5.74, 6) is 1.49. The van der Waals surface area contributed by atoms with Gasteiger partial charge in [-0.25, -0.2) is 9.97 Å². The molecule has 0 bridgehead atoms. The fourth-order valence-corrected chi connectivity index (χ4v) is 2.28. The molecule has 0 radical (unpaired) electrons. The zero-order valence-electron chi connectivity index (χ0n) is 11.0. The lowest BCUT2D eigenvalue weighted by atomic mass is 10.2. The second kappa shape index (κ2) is 6.12. The lowest BCUT2D eigenvalue weighted by molar-refractivity contribution is 0.977. The van der Waals surface area contributed by atoms with E-state index in [1.807, 2.05) is 44.5 Å². The largest absolute Gasteiger partial charge is 0.373 e. The molecule has 1 heterocycles. The lowest BCUT2D eigenvalue weighted by Gasteiger charge is -2.12. The fraction of sp³-hybridized carbons (Fsp3) is 0.231. The summed E-state index contributed by atoms with van der Waals surface area (Å²) in [6.45, 7) is 2.00. The first-order chi connectivity index (χ1) is 9.13. The zero-order valence-corrected chi connectivity index (χ0v) is 12.6. The molecule has 6 heteroatoms. The molecule has 1 aromatic carbocycles. The number of nitrogens with one attached hydrogen (secondary N) is 2. The first-order valence-corrected chi connectivity index (χ1v) is 7.37. The number of aromatic nitrogens is 2. The number of anilines is 3. The van der Waals surface area contributed by atoms with E-state index < -0.39 is 0 Å². The van der Waals surface area contributed by atoms with Gasteiger partial charge in [0.15, 0.2) is 5.16 Å². The fourth-order valence-electron chi connectivity index (χ4n) is 1.63. The number of hydrogen-bond acceptors (Lipinski definition) is 5. The molecule has 2 aromatic rings. The molecule has 0 amide bonds. The van der Waals surface area contributed by atoms with Gasteiger partial charge in [0.1, 0.15) is 11.6 Å². The van der Waals surface area contributed by atoms with Crippen LogP contribution in [0, 0.1) is 6.92 Å². The van der Waals surface area contributed by atoms with E-state index in [4.69, 9.17) is 11.6 Å². The Morgan fingerprint density at radius 3 is 2.58 bits per heavy atom. The summed E-state index contributed by atoms with van der Waals surface area (Å²) < 4.78 is 0. The summed E-state index contributed by atoms with van der Waals surface area (Å²) in [5.41, 5.74) is 1.94. The Balaban J connectivity index is 2.37. The molecule has 1 aromatic heterocycles. The van der Waals surface area contributed by atoms with Crippen molar-refractivity contribution in [2.45, 2.75) is 12.1 Å². The zero-order chi connectivity index (χ0) is 13.8. The standard InChI is InChI=1S/C13H15ClN4S/c1-8-5-4-6-9(14)12(8)16-11-7-10(15-2)17-13(18-11)19-3/h4-7H,1-3H3,(H2,15,16,17,18). The van der Waals surface area contributed by atoms with Crippen LogP contribution in [0.2, 0.25) is 5.02 Å². The highest BCUT2D eigenvalue weighted by atomic mass is 35.5. The average molecular weight is 295 g/mol. The van der Waals surface area contributed by atoms with Crippen molar-refractivity contribution in [1.82, 2.24) is 9.97 Å². The number of para-hydroxylation sites is 1.